The number of rotatable bonds is 5. The standard InChI is InChI=1S/C16H21BrN2O/c1-16(2,3)19-9-5-8-15-18-11-14(20-15)12-6-4-7-13(17)10-12/h4,6-7,10-11,19H,5,8-9H2,1-3H3. The number of hydrogen-bond acceptors (Lipinski definition) is 3. The second kappa shape index (κ2) is 6.55. The van der Waals surface area contributed by atoms with Crippen LogP contribution in [0.3, 0.4) is 0 Å². The normalized spacial score (nSPS) is 11.8. The molecule has 2 rings (SSSR count). The molecule has 2 aromatic rings. The summed E-state index contributed by atoms with van der Waals surface area (Å²) in [7, 11) is 0. The summed E-state index contributed by atoms with van der Waals surface area (Å²) < 4.78 is 6.84. The van der Waals surface area contributed by atoms with Gasteiger partial charge in [0.15, 0.2) is 11.7 Å². The maximum Gasteiger partial charge on any atom is 0.194 e. The van der Waals surface area contributed by atoms with Gasteiger partial charge in [-0.25, -0.2) is 4.98 Å². The average Bonchev–Trinajstić information content (AvgIpc) is 2.82. The van der Waals surface area contributed by atoms with Crippen molar-refractivity contribution in [3.63, 3.8) is 0 Å². The second-order valence-electron chi connectivity index (χ2n) is 5.91. The van der Waals surface area contributed by atoms with Crippen molar-refractivity contribution in [2.24, 2.45) is 0 Å². The first-order chi connectivity index (χ1) is 9.44. The zero-order chi connectivity index (χ0) is 14.6. The first-order valence-electron chi connectivity index (χ1n) is 6.90. The largest absolute Gasteiger partial charge is 0.441 e. The van der Waals surface area contributed by atoms with Crippen molar-refractivity contribution < 1.29 is 4.42 Å². The van der Waals surface area contributed by atoms with E-state index in [0.29, 0.717) is 0 Å². The monoisotopic (exact) mass is 336 g/mol. The summed E-state index contributed by atoms with van der Waals surface area (Å²) in [5.41, 5.74) is 1.21. The Labute approximate surface area is 128 Å². The van der Waals surface area contributed by atoms with Gasteiger partial charge >= 0.3 is 0 Å². The summed E-state index contributed by atoms with van der Waals surface area (Å²) in [6, 6.07) is 8.05. The Morgan fingerprint density at radius 3 is 2.80 bits per heavy atom. The Hall–Kier alpha value is -1.13. The summed E-state index contributed by atoms with van der Waals surface area (Å²) in [5, 5.41) is 3.46. The number of nitrogens with zero attached hydrogens (tertiary/aromatic N) is 1. The van der Waals surface area contributed by atoms with Crippen LogP contribution in [0.15, 0.2) is 39.4 Å². The zero-order valence-electron chi connectivity index (χ0n) is 12.2. The summed E-state index contributed by atoms with van der Waals surface area (Å²) in [6.45, 7) is 7.48. The van der Waals surface area contributed by atoms with Crippen molar-refractivity contribution >= 4 is 15.9 Å². The molecule has 0 amide bonds. The summed E-state index contributed by atoms with van der Waals surface area (Å²) in [6.07, 6.45) is 3.68. The lowest BCUT2D eigenvalue weighted by molar-refractivity contribution is 0.412. The molecule has 3 nitrogen and oxygen atoms in total. The molecule has 0 aliphatic carbocycles. The Bertz CT molecular complexity index is 558. The van der Waals surface area contributed by atoms with E-state index in [0.717, 1.165) is 41.1 Å². The lowest BCUT2D eigenvalue weighted by atomic mass is 10.1. The highest BCUT2D eigenvalue weighted by Gasteiger charge is 2.09. The van der Waals surface area contributed by atoms with Gasteiger partial charge < -0.3 is 9.73 Å². The molecule has 0 unspecified atom stereocenters. The Morgan fingerprint density at radius 1 is 1.30 bits per heavy atom. The Kier molecular flexibility index (Phi) is 5.00. The van der Waals surface area contributed by atoms with Gasteiger partial charge in [0.05, 0.1) is 6.20 Å². The maximum atomic E-state index is 5.80. The van der Waals surface area contributed by atoms with Gasteiger partial charge in [-0.05, 0) is 45.9 Å². The molecule has 0 aliphatic rings. The number of halogens is 1. The molecule has 1 N–H and O–H groups in total. The number of aryl methyl sites for hydroxylation is 1. The SMILES string of the molecule is CC(C)(C)NCCCc1ncc(-c2cccc(Br)c2)o1. The Balaban J connectivity index is 1.90. The van der Waals surface area contributed by atoms with E-state index in [9.17, 15) is 0 Å². The van der Waals surface area contributed by atoms with Crippen LogP contribution in [0.5, 0.6) is 0 Å². The number of oxazole rings is 1. The van der Waals surface area contributed by atoms with Crippen molar-refractivity contribution in [3.8, 4) is 11.3 Å². The molecule has 1 aromatic carbocycles. The van der Waals surface area contributed by atoms with E-state index in [1.165, 1.54) is 0 Å². The van der Waals surface area contributed by atoms with E-state index in [4.69, 9.17) is 4.42 Å². The van der Waals surface area contributed by atoms with Crippen molar-refractivity contribution in [1.82, 2.24) is 10.3 Å². The van der Waals surface area contributed by atoms with Crippen LogP contribution in [0.4, 0.5) is 0 Å². The van der Waals surface area contributed by atoms with Crippen LogP contribution >= 0.6 is 15.9 Å². The lowest BCUT2D eigenvalue weighted by Gasteiger charge is -2.19. The van der Waals surface area contributed by atoms with Gasteiger partial charge in [0.2, 0.25) is 0 Å². The molecule has 0 aliphatic heterocycles. The number of aromatic nitrogens is 1. The third kappa shape index (κ3) is 4.76. The summed E-state index contributed by atoms with van der Waals surface area (Å²) >= 11 is 3.47. The van der Waals surface area contributed by atoms with E-state index >= 15 is 0 Å². The van der Waals surface area contributed by atoms with Gasteiger partial charge in [0, 0.05) is 22.0 Å². The molecule has 4 heteroatoms. The van der Waals surface area contributed by atoms with Crippen molar-refractivity contribution in [2.75, 3.05) is 6.54 Å². The van der Waals surface area contributed by atoms with E-state index in [2.05, 4.69) is 47.0 Å². The minimum atomic E-state index is 0.165. The molecule has 108 valence electrons. The number of hydrogen-bond donors (Lipinski definition) is 1. The summed E-state index contributed by atoms with van der Waals surface area (Å²) in [5.74, 6) is 1.63. The molecule has 0 bridgehead atoms. The maximum absolute atomic E-state index is 5.80. The third-order valence-electron chi connectivity index (χ3n) is 2.89. The fourth-order valence-electron chi connectivity index (χ4n) is 1.90. The van der Waals surface area contributed by atoms with Gasteiger partial charge in [-0.2, -0.15) is 0 Å². The van der Waals surface area contributed by atoms with Gasteiger partial charge in [-0.15, -0.1) is 0 Å². The minimum Gasteiger partial charge on any atom is -0.441 e. The lowest BCUT2D eigenvalue weighted by Crippen LogP contribution is -2.36. The van der Waals surface area contributed by atoms with Crippen LogP contribution < -0.4 is 5.32 Å². The molecule has 1 aromatic heterocycles. The first-order valence-corrected chi connectivity index (χ1v) is 7.69. The van der Waals surface area contributed by atoms with E-state index in [1.54, 1.807) is 6.20 Å². The molecule has 0 saturated heterocycles. The fraction of sp³-hybridized carbons (Fsp3) is 0.438. The minimum absolute atomic E-state index is 0.165. The van der Waals surface area contributed by atoms with Crippen molar-refractivity contribution in [1.29, 1.82) is 0 Å². The molecule has 1 heterocycles. The zero-order valence-corrected chi connectivity index (χ0v) is 13.8. The molecule has 0 spiro atoms. The number of nitrogens with one attached hydrogen (secondary N) is 1. The molecular weight excluding hydrogens is 316 g/mol. The highest BCUT2D eigenvalue weighted by Crippen LogP contribution is 2.23. The van der Waals surface area contributed by atoms with Crippen LogP contribution in [0.2, 0.25) is 0 Å². The quantitative estimate of drug-likeness (QED) is 0.821. The molecule has 0 fully saturated rings. The van der Waals surface area contributed by atoms with E-state index in [-0.39, 0.29) is 5.54 Å². The first kappa shape index (κ1) is 15.3. The van der Waals surface area contributed by atoms with E-state index < -0.39 is 0 Å². The van der Waals surface area contributed by atoms with Gasteiger partial charge in [-0.1, -0.05) is 28.1 Å². The molecule has 0 radical (unpaired) electrons. The molecular formula is C16H21BrN2O. The van der Waals surface area contributed by atoms with Crippen molar-refractivity contribution in [3.05, 3.63) is 40.8 Å². The van der Waals surface area contributed by atoms with Crippen molar-refractivity contribution in [2.45, 2.75) is 39.2 Å². The molecule has 0 saturated carbocycles. The average molecular weight is 337 g/mol. The number of benzene rings is 1. The van der Waals surface area contributed by atoms with Crippen LogP contribution in [-0.2, 0) is 6.42 Å². The van der Waals surface area contributed by atoms with Crippen LogP contribution in [0.1, 0.15) is 33.1 Å². The molecule has 20 heavy (non-hydrogen) atoms. The topological polar surface area (TPSA) is 38.1 Å². The van der Waals surface area contributed by atoms with Crippen LogP contribution in [0.25, 0.3) is 11.3 Å². The highest BCUT2D eigenvalue weighted by molar-refractivity contribution is 9.10. The summed E-state index contributed by atoms with van der Waals surface area (Å²) in [4.78, 5) is 4.35. The van der Waals surface area contributed by atoms with Gasteiger partial charge in [-0.3, -0.25) is 0 Å². The molecule has 0 atom stereocenters. The second-order valence-corrected chi connectivity index (χ2v) is 6.82. The van der Waals surface area contributed by atoms with E-state index in [1.807, 2.05) is 24.3 Å². The van der Waals surface area contributed by atoms with Gasteiger partial charge in [0.25, 0.3) is 0 Å². The predicted molar refractivity (Wildman–Crippen MR) is 85.7 cm³/mol. The van der Waals surface area contributed by atoms with Crippen LogP contribution in [0, 0.1) is 0 Å². The smallest absolute Gasteiger partial charge is 0.194 e. The Morgan fingerprint density at radius 2 is 2.10 bits per heavy atom. The third-order valence-corrected chi connectivity index (χ3v) is 3.38. The predicted octanol–water partition coefficient (Wildman–Crippen LogP) is 4.42. The fourth-order valence-corrected chi connectivity index (χ4v) is 2.30. The van der Waals surface area contributed by atoms with Crippen LogP contribution in [-0.4, -0.2) is 17.1 Å². The van der Waals surface area contributed by atoms with Gasteiger partial charge in [0.1, 0.15) is 0 Å². The highest BCUT2D eigenvalue weighted by atomic mass is 79.9.